The van der Waals surface area contributed by atoms with Crippen molar-refractivity contribution in [1.29, 1.82) is 10.5 Å². The van der Waals surface area contributed by atoms with Crippen molar-refractivity contribution < 1.29 is 0 Å². The molecule has 0 radical (unpaired) electrons. The quantitative estimate of drug-likeness (QED) is 0.690. The SMILES string of the molecule is CC(C)N(C(C)C)[P+](C#N)(C#N)N(C(C)C)C(C)C. The van der Waals surface area contributed by atoms with Crippen molar-refractivity contribution in [2.24, 2.45) is 0 Å². The highest BCUT2D eigenvalue weighted by Crippen LogP contribution is 2.66. The summed E-state index contributed by atoms with van der Waals surface area (Å²) >= 11 is 0. The summed E-state index contributed by atoms with van der Waals surface area (Å²) in [4.78, 5) is 0. The highest BCUT2D eigenvalue weighted by atomic mass is 31.2. The molecule has 0 fully saturated rings. The highest BCUT2D eigenvalue weighted by Gasteiger charge is 2.58. The van der Waals surface area contributed by atoms with E-state index >= 15 is 0 Å². The fraction of sp³-hybridized carbons (Fsp3) is 0.857. The summed E-state index contributed by atoms with van der Waals surface area (Å²) in [5.41, 5.74) is 0. The van der Waals surface area contributed by atoms with Crippen LogP contribution in [0.4, 0.5) is 0 Å². The van der Waals surface area contributed by atoms with Crippen molar-refractivity contribution in [3.63, 3.8) is 0 Å². The minimum atomic E-state index is -2.62. The minimum absolute atomic E-state index is 0.174. The van der Waals surface area contributed by atoms with Crippen LogP contribution in [-0.4, -0.2) is 33.5 Å². The number of nitrogens with zero attached hydrogens (tertiary/aromatic N) is 4. The number of hydrogen-bond donors (Lipinski definition) is 0. The van der Waals surface area contributed by atoms with Crippen LogP contribution in [0.2, 0.25) is 0 Å². The summed E-state index contributed by atoms with van der Waals surface area (Å²) in [5, 5.41) is 19.6. The molecule has 0 atom stereocenters. The molecule has 108 valence electrons. The summed E-state index contributed by atoms with van der Waals surface area (Å²) < 4.78 is 4.21. The normalized spacial score (nSPS) is 12.8. The number of rotatable bonds is 6. The Hall–Kier alpha value is -0.670. The van der Waals surface area contributed by atoms with Gasteiger partial charge in [0.15, 0.2) is 0 Å². The van der Waals surface area contributed by atoms with Gasteiger partial charge in [-0.25, -0.2) is 0 Å². The highest BCUT2D eigenvalue weighted by molar-refractivity contribution is 7.80. The van der Waals surface area contributed by atoms with E-state index in [0.717, 1.165) is 0 Å². The second-order valence-electron chi connectivity index (χ2n) is 5.94. The van der Waals surface area contributed by atoms with Crippen LogP contribution in [0.1, 0.15) is 55.4 Å². The lowest BCUT2D eigenvalue weighted by Gasteiger charge is -2.40. The molecule has 0 aromatic carbocycles. The maximum atomic E-state index is 9.81. The molecule has 0 aliphatic heterocycles. The Balaban J connectivity index is 5.98. The van der Waals surface area contributed by atoms with Crippen molar-refractivity contribution in [1.82, 2.24) is 9.34 Å². The minimum Gasteiger partial charge on any atom is -0.146 e. The Morgan fingerprint density at radius 3 is 0.947 bits per heavy atom. The molecule has 0 aromatic rings. The van der Waals surface area contributed by atoms with Gasteiger partial charge in [0.25, 0.3) is 11.6 Å². The van der Waals surface area contributed by atoms with Gasteiger partial charge < -0.3 is 0 Å². The fourth-order valence-corrected chi connectivity index (χ4v) is 6.25. The summed E-state index contributed by atoms with van der Waals surface area (Å²) in [7, 11) is -2.62. The first kappa shape index (κ1) is 18.3. The lowest BCUT2D eigenvalue weighted by atomic mass is 10.3. The summed E-state index contributed by atoms with van der Waals surface area (Å²) in [5.74, 6) is 4.79. The number of nitriles is 2. The standard InChI is InChI=1S/C14H28N4P/c1-11(2)17(12(3)4)19(9-15,10-16)18(13(5)6)14(7)8/h11-14H,1-8H3/q+1. The second-order valence-corrected chi connectivity index (χ2v) is 8.46. The first-order chi connectivity index (χ1) is 8.65. The molecule has 0 saturated heterocycles. The molecule has 4 nitrogen and oxygen atoms in total. The summed E-state index contributed by atoms with van der Waals surface area (Å²) in [6, 6.07) is 0.695. The molecule has 0 rings (SSSR count). The van der Waals surface area contributed by atoms with Crippen LogP contribution >= 0.6 is 7.56 Å². The predicted octanol–water partition coefficient (Wildman–Crippen LogP) is 4.03. The van der Waals surface area contributed by atoms with E-state index < -0.39 is 7.56 Å². The molecular formula is C14H28N4P+. The molecule has 19 heavy (non-hydrogen) atoms. The summed E-state index contributed by atoms with van der Waals surface area (Å²) in [6.07, 6.45) is 0. The third-order valence-electron chi connectivity index (χ3n) is 3.06. The predicted molar refractivity (Wildman–Crippen MR) is 82.4 cm³/mol. The van der Waals surface area contributed by atoms with Crippen LogP contribution in [0, 0.1) is 22.1 Å². The van der Waals surface area contributed by atoms with E-state index in [1.165, 1.54) is 0 Å². The van der Waals surface area contributed by atoms with E-state index in [4.69, 9.17) is 0 Å². The smallest absolute Gasteiger partial charge is 0.146 e. The molecule has 0 heterocycles. The average Bonchev–Trinajstić information content (AvgIpc) is 2.25. The molecule has 0 saturated carbocycles. The van der Waals surface area contributed by atoms with Crippen LogP contribution in [-0.2, 0) is 0 Å². The van der Waals surface area contributed by atoms with Gasteiger partial charge >= 0.3 is 7.56 Å². The van der Waals surface area contributed by atoms with Crippen molar-refractivity contribution in [2.45, 2.75) is 79.6 Å². The average molecular weight is 283 g/mol. The molecule has 0 aromatic heterocycles. The number of hydrogen-bond acceptors (Lipinski definition) is 4. The largest absolute Gasteiger partial charge is 0.369 e. The van der Waals surface area contributed by atoms with E-state index in [-0.39, 0.29) is 24.2 Å². The third-order valence-corrected chi connectivity index (χ3v) is 6.81. The van der Waals surface area contributed by atoms with Gasteiger partial charge in [-0.3, -0.25) is 0 Å². The van der Waals surface area contributed by atoms with Gasteiger partial charge in [-0.05, 0) is 55.4 Å². The van der Waals surface area contributed by atoms with E-state index in [2.05, 4.69) is 76.4 Å². The molecule has 5 heteroatoms. The summed E-state index contributed by atoms with van der Waals surface area (Å²) in [6.45, 7) is 16.5. The van der Waals surface area contributed by atoms with Crippen LogP contribution in [0.15, 0.2) is 0 Å². The van der Waals surface area contributed by atoms with Gasteiger partial charge in [0.05, 0.1) is 0 Å². The first-order valence-electron chi connectivity index (χ1n) is 6.95. The van der Waals surface area contributed by atoms with Gasteiger partial charge in [-0.1, -0.05) is 0 Å². The molecule has 0 unspecified atom stereocenters. The molecular weight excluding hydrogens is 255 g/mol. The van der Waals surface area contributed by atoms with Gasteiger partial charge in [-0.15, -0.1) is 19.9 Å². The van der Waals surface area contributed by atoms with Crippen molar-refractivity contribution in [3.8, 4) is 11.6 Å². The Labute approximate surface area is 119 Å². The van der Waals surface area contributed by atoms with Crippen molar-refractivity contribution >= 4 is 7.56 Å². The zero-order valence-electron chi connectivity index (χ0n) is 13.5. The molecule has 0 amide bonds. The molecule has 0 aliphatic carbocycles. The van der Waals surface area contributed by atoms with E-state index in [1.54, 1.807) is 0 Å². The Morgan fingerprint density at radius 2 is 0.842 bits per heavy atom. The zero-order chi connectivity index (χ0) is 15.4. The zero-order valence-corrected chi connectivity index (χ0v) is 14.4. The lowest BCUT2D eigenvalue weighted by molar-refractivity contribution is 0.254. The first-order valence-corrected chi connectivity index (χ1v) is 8.64. The topological polar surface area (TPSA) is 54.1 Å². The van der Waals surface area contributed by atoms with Crippen LogP contribution in [0.3, 0.4) is 0 Å². The van der Waals surface area contributed by atoms with Gasteiger partial charge in [0.2, 0.25) is 0 Å². The van der Waals surface area contributed by atoms with Gasteiger partial charge in [-0.2, -0.15) is 0 Å². The van der Waals surface area contributed by atoms with Gasteiger partial charge in [0.1, 0.15) is 0 Å². The molecule has 0 bridgehead atoms. The fourth-order valence-electron chi connectivity index (χ4n) is 2.88. The van der Waals surface area contributed by atoms with Crippen molar-refractivity contribution in [3.05, 3.63) is 0 Å². The van der Waals surface area contributed by atoms with Crippen LogP contribution < -0.4 is 0 Å². The Morgan fingerprint density at radius 1 is 0.632 bits per heavy atom. The Kier molecular flexibility index (Phi) is 6.95. The van der Waals surface area contributed by atoms with Crippen LogP contribution in [0.5, 0.6) is 0 Å². The molecule has 0 aliphatic rings. The molecule has 0 N–H and O–H groups in total. The lowest BCUT2D eigenvalue weighted by Crippen LogP contribution is -2.46. The van der Waals surface area contributed by atoms with Gasteiger partial charge in [0, 0.05) is 24.2 Å². The second kappa shape index (κ2) is 7.20. The monoisotopic (exact) mass is 283 g/mol. The van der Waals surface area contributed by atoms with Crippen LogP contribution in [0.25, 0.3) is 0 Å². The van der Waals surface area contributed by atoms with Crippen molar-refractivity contribution in [2.75, 3.05) is 0 Å². The van der Waals surface area contributed by atoms with E-state index in [1.807, 2.05) is 0 Å². The Bertz CT molecular complexity index is 311. The van der Waals surface area contributed by atoms with E-state index in [0.29, 0.717) is 0 Å². The van der Waals surface area contributed by atoms with E-state index in [9.17, 15) is 10.5 Å². The maximum absolute atomic E-state index is 9.81. The maximum Gasteiger partial charge on any atom is 0.369 e. The molecule has 0 spiro atoms. The third kappa shape index (κ3) is 3.67.